The standard InChI is InChI=1S/C15H16N2O2S2/c1-11-7-8-15(20-11)21(18,19)17(2)10-12-9-16-14-6-4-3-5-13(12)14/h3-9,16H,10H2,1-2H3. The normalized spacial score (nSPS) is 12.3. The van der Waals surface area contributed by atoms with Crippen LogP contribution in [0, 0.1) is 6.92 Å². The fraction of sp³-hybridized carbons (Fsp3) is 0.200. The van der Waals surface area contributed by atoms with E-state index in [-0.39, 0.29) is 0 Å². The van der Waals surface area contributed by atoms with Crippen molar-refractivity contribution in [1.82, 2.24) is 9.29 Å². The Morgan fingerprint density at radius 1 is 1.19 bits per heavy atom. The molecule has 0 radical (unpaired) electrons. The Bertz CT molecular complexity index is 878. The predicted molar refractivity (Wildman–Crippen MR) is 86.0 cm³/mol. The van der Waals surface area contributed by atoms with E-state index >= 15 is 0 Å². The number of hydrogen-bond donors (Lipinski definition) is 1. The molecule has 0 saturated heterocycles. The van der Waals surface area contributed by atoms with Gasteiger partial charge in [-0.05, 0) is 30.7 Å². The minimum Gasteiger partial charge on any atom is -0.361 e. The number of fused-ring (bicyclic) bond motifs is 1. The van der Waals surface area contributed by atoms with Gasteiger partial charge in [0.2, 0.25) is 0 Å². The molecule has 0 spiro atoms. The van der Waals surface area contributed by atoms with Gasteiger partial charge in [0.15, 0.2) is 0 Å². The van der Waals surface area contributed by atoms with E-state index in [1.165, 1.54) is 15.6 Å². The van der Waals surface area contributed by atoms with Crippen molar-refractivity contribution < 1.29 is 8.42 Å². The van der Waals surface area contributed by atoms with E-state index in [2.05, 4.69) is 4.98 Å². The molecule has 21 heavy (non-hydrogen) atoms. The minimum atomic E-state index is -3.42. The van der Waals surface area contributed by atoms with Crippen LogP contribution in [0.4, 0.5) is 0 Å². The van der Waals surface area contributed by atoms with Gasteiger partial charge in [-0.1, -0.05) is 18.2 Å². The van der Waals surface area contributed by atoms with Gasteiger partial charge in [0.1, 0.15) is 4.21 Å². The summed E-state index contributed by atoms with van der Waals surface area (Å²) in [6.07, 6.45) is 1.87. The van der Waals surface area contributed by atoms with Crippen molar-refractivity contribution in [2.45, 2.75) is 17.7 Å². The fourth-order valence-electron chi connectivity index (χ4n) is 2.29. The van der Waals surface area contributed by atoms with Crippen LogP contribution >= 0.6 is 11.3 Å². The number of nitrogens with one attached hydrogen (secondary N) is 1. The van der Waals surface area contributed by atoms with Gasteiger partial charge in [0.05, 0.1) is 0 Å². The minimum absolute atomic E-state index is 0.350. The van der Waals surface area contributed by atoms with E-state index in [1.807, 2.05) is 43.5 Å². The second-order valence-electron chi connectivity index (χ2n) is 4.99. The van der Waals surface area contributed by atoms with Gasteiger partial charge in [-0.25, -0.2) is 8.42 Å². The number of thiophene rings is 1. The first-order chi connectivity index (χ1) is 9.98. The molecule has 0 unspecified atom stereocenters. The van der Waals surface area contributed by atoms with Crippen molar-refractivity contribution in [2.24, 2.45) is 0 Å². The third-order valence-electron chi connectivity index (χ3n) is 3.45. The van der Waals surface area contributed by atoms with E-state index in [9.17, 15) is 8.42 Å². The molecule has 0 aliphatic rings. The molecule has 0 fully saturated rings. The average Bonchev–Trinajstić information content (AvgIpc) is 3.06. The molecule has 2 heterocycles. The van der Waals surface area contributed by atoms with Crippen LogP contribution in [-0.4, -0.2) is 24.8 Å². The molecule has 1 N–H and O–H groups in total. The summed E-state index contributed by atoms with van der Waals surface area (Å²) >= 11 is 1.30. The SMILES string of the molecule is Cc1ccc(S(=O)(=O)N(C)Cc2c[nH]c3ccccc23)s1. The maximum Gasteiger partial charge on any atom is 0.252 e. The van der Waals surface area contributed by atoms with Crippen molar-refractivity contribution in [1.29, 1.82) is 0 Å². The smallest absolute Gasteiger partial charge is 0.252 e. The first-order valence-electron chi connectivity index (χ1n) is 6.56. The van der Waals surface area contributed by atoms with Crippen molar-refractivity contribution in [3.8, 4) is 0 Å². The number of sulfonamides is 1. The summed E-state index contributed by atoms with van der Waals surface area (Å²) in [5.74, 6) is 0. The van der Waals surface area contributed by atoms with Gasteiger partial charge in [0, 0.05) is 35.6 Å². The fourth-order valence-corrected chi connectivity index (χ4v) is 4.93. The Kier molecular flexibility index (Phi) is 3.61. The lowest BCUT2D eigenvalue weighted by atomic mass is 10.2. The number of hydrogen-bond acceptors (Lipinski definition) is 3. The summed E-state index contributed by atoms with van der Waals surface area (Å²) in [5, 5.41) is 1.06. The van der Waals surface area contributed by atoms with Crippen LogP contribution < -0.4 is 0 Å². The Labute approximate surface area is 128 Å². The first-order valence-corrected chi connectivity index (χ1v) is 8.82. The van der Waals surface area contributed by atoms with Gasteiger partial charge < -0.3 is 4.98 Å². The maximum atomic E-state index is 12.5. The lowest BCUT2D eigenvalue weighted by Crippen LogP contribution is -2.25. The third-order valence-corrected chi connectivity index (χ3v) is 6.72. The van der Waals surface area contributed by atoms with Gasteiger partial charge in [-0.3, -0.25) is 0 Å². The van der Waals surface area contributed by atoms with Crippen LogP contribution in [0.2, 0.25) is 0 Å². The van der Waals surface area contributed by atoms with E-state index in [0.29, 0.717) is 10.8 Å². The molecular formula is C15H16N2O2S2. The third kappa shape index (κ3) is 2.62. The van der Waals surface area contributed by atoms with Gasteiger partial charge in [0.25, 0.3) is 10.0 Å². The van der Waals surface area contributed by atoms with E-state index in [0.717, 1.165) is 21.3 Å². The quantitative estimate of drug-likeness (QED) is 0.801. The zero-order valence-electron chi connectivity index (χ0n) is 11.8. The van der Waals surface area contributed by atoms with Crippen LogP contribution in [0.25, 0.3) is 10.9 Å². The van der Waals surface area contributed by atoms with Crippen LogP contribution in [-0.2, 0) is 16.6 Å². The molecule has 0 aliphatic heterocycles. The molecule has 0 aliphatic carbocycles. The van der Waals surface area contributed by atoms with Gasteiger partial charge >= 0.3 is 0 Å². The van der Waals surface area contributed by atoms with Crippen LogP contribution in [0.5, 0.6) is 0 Å². The van der Waals surface area contributed by atoms with E-state index in [1.54, 1.807) is 13.1 Å². The van der Waals surface area contributed by atoms with Crippen molar-refractivity contribution in [2.75, 3.05) is 7.05 Å². The zero-order valence-corrected chi connectivity index (χ0v) is 13.5. The molecule has 1 aromatic carbocycles. The Hall–Kier alpha value is -1.63. The summed E-state index contributed by atoms with van der Waals surface area (Å²) in [6, 6.07) is 11.4. The number of H-pyrrole nitrogens is 1. The molecule has 3 rings (SSSR count). The Morgan fingerprint density at radius 2 is 1.95 bits per heavy atom. The molecule has 110 valence electrons. The molecule has 0 bridgehead atoms. The summed E-state index contributed by atoms with van der Waals surface area (Å²) in [4.78, 5) is 4.16. The molecule has 4 nitrogen and oxygen atoms in total. The highest BCUT2D eigenvalue weighted by Gasteiger charge is 2.23. The highest BCUT2D eigenvalue weighted by molar-refractivity contribution is 7.91. The van der Waals surface area contributed by atoms with Crippen LogP contribution in [0.1, 0.15) is 10.4 Å². The summed E-state index contributed by atoms with van der Waals surface area (Å²) in [5.41, 5.74) is 2.00. The molecule has 3 aromatic rings. The van der Waals surface area contributed by atoms with Gasteiger partial charge in [-0.2, -0.15) is 4.31 Å². The molecular weight excluding hydrogens is 304 g/mol. The lowest BCUT2D eigenvalue weighted by Gasteiger charge is -2.15. The second-order valence-corrected chi connectivity index (χ2v) is 8.55. The van der Waals surface area contributed by atoms with Crippen molar-refractivity contribution in [3.05, 3.63) is 53.0 Å². The van der Waals surface area contributed by atoms with Gasteiger partial charge in [-0.15, -0.1) is 11.3 Å². The van der Waals surface area contributed by atoms with E-state index < -0.39 is 10.0 Å². The van der Waals surface area contributed by atoms with Crippen LogP contribution in [0.15, 0.2) is 46.8 Å². The van der Waals surface area contributed by atoms with Crippen molar-refractivity contribution >= 4 is 32.3 Å². The monoisotopic (exact) mass is 320 g/mol. The number of aryl methyl sites for hydroxylation is 1. The number of aromatic amines is 1. The maximum absolute atomic E-state index is 12.5. The van der Waals surface area contributed by atoms with E-state index in [4.69, 9.17) is 0 Å². The Morgan fingerprint density at radius 3 is 2.67 bits per heavy atom. The molecule has 0 saturated carbocycles. The summed E-state index contributed by atoms with van der Waals surface area (Å²) in [6.45, 7) is 2.26. The predicted octanol–water partition coefficient (Wildman–Crippen LogP) is 3.36. The number of nitrogens with zero attached hydrogens (tertiary/aromatic N) is 1. The number of aromatic nitrogens is 1. The summed E-state index contributed by atoms with van der Waals surface area (Å²) in [7, 11) is -1.81. The largest absolute Gasteiger partial charge is 0.361 e. The topological polar surface area (TPSA) is 53.2 Å². The lowest BCUT2D eigenvalue weighted by molar-refractivity contribution is 0.470. The summed E-state index contributed by atoms with van der Waals surface area (Å²) < 4.78 is 26.9. The highest BCUT2D eigenvalue weighted by Crippen LogP contribution is 2.26. The highest BCUT2D eigenvalue weighted by atomic mass is 32.2. The number of rotatable bonds is 4. The zero-order chi connectivity index (χ0) is 15.0. The molecule has 2 aromatic heterocycles. The van der Waals surface area contributed by atoms with Crippen molar-refractivity contribution in [3.63, 3.8) is 0 Å². The molecule has 6 heteroatoms. The average molecular weight is 320 g/mol. The molecule has 0 amide bonds. The number of benzene rings is 1. The second kappa shape index (κ2) is 5.29. The first kappa shape index (κ1) is 14.3. The number of para-hydroxylation sites is 1. The molecule has 0 atom stereocenters. The Balaban J connectivity index is 1.91. The van der Waals surface area contributed by atoms with Crippen LogP contribution in [0.3, 0.4) is 0 Å².